The normalized spacial score (nSPS) is 10.2. The molecule has 2 N–H and O–H groups in total. The average Bonchev–Trinajstić information content (AvgIpc) is 2.50. The van der Waals surface area contributed by atoms with Crippen LogP contribution in [0.1, 0.15) is 12.5 Å². The number of hydrogen-bond acceptors (Lipinski definition) is 3. The quantitative estimate of drug-likeness (QED) is 0.835. The van der Waals surface area contributed by atoms with Crippen molar-refractivity contribution >= 4 is 46.4 Å². The van der Waals surface area contributed by atoms with Gasteiger partial charge in [-0.25, -0.2) is 0 Å². The molecule has 0 bridgehead atoms. The number of ether oxygens (including phenoxy) is 1. The molecule has 0 atom stereocenters. The molecule has 0 aliphatic rings. The summed E-state index contributed by atoms with van der Waals surface area (Å²) in [7, 11) is 1.50. The number of amides is 2. The summed E-state index contributed by atoms with van der Waals surface area (Å²) in [4.78, 5) is 23.4. The van der Waals surface area contributed by atoms with Crippen molar-refractivity contribution in [3.63, 3.8) is 0 Å². The molecule has 0 saturated carbocycles. The molecule has 0 radical (unpaired) electrons. The highest BCUT2D eigenvalue weighted by molar-refractivity contribution is 6.35. The number of rotatable bonds is 5. The van der Waals surface area contributed by atoms with Crippen molar-refractivity contribution in [2.75, 3.05) is 17.7 Å². The van der Waals surface area contributed by atoms with Crippen molar-refractivity contribution in [1.29, 1.82) is 0 Å². The predicted octanol–water partition coefficient (Wildman–Crippen LogP) is 4.14. The van der Waals surface area contributed by atoms with E-state index in [0.717, 1.165) is 0 Å². The fourth-order valence-corrected chi connectivity index (χ4v) is 2.59. The highest BCUT2D eigenvalue weighted by atomic mass is 35.5. The Hall–Kier alpha value is -2.24. The zero-order valence-corrected chi connectivity index (χ0v) is 14.7. The topological polar surface area (TPSA) is 67.4 Å². The molecule has 0 saturated heterocycles. The first kappa shape index (κ1) is 18.1. The molecule has 5 nitrogen and oxygen atoms in total. The molecule has 2 rings (SSSR count). The van der Waals surface area contributed by atoms with Gasteiger partial charge in [0.1, 0.15) is 5.75 Å². The minimum atomic E-state index is -0.266. The van der Waals surface area contributed by atoms with E-state index in [1.54, 1.807) is 36.4 Å². The highest BCUT2D eigenvalue weighted by Crippen LogP contribution is 2.28. The highest BCUT2D eigenvalue weighted by Gasteiger charge is 2.12. The van der Waals surface area contributed by atoms with Gasteiger partial charge in [0, 0.05) is 22.7 Å². The Kier molecular flexibility index (Phi) is 6.06. The van der Waals surface area contributed by atoms with Crippen LogP contribution in [0.4, 0.5) is 11.4 Å². The first-order valence-corrected chi connectivity index (χ1v) is 7.84. The summed E-state index contributed by atoms with van der Waals surface area (Å²) < 4.78 is 5.22. The van der Waals surface area contributed by atoms with Gasteiger partial charge in [-0.05, 0) is 35.9 Å². The van der Waals surface area contributed by atoms with Crippen LogP contribution in [0.5, 0.6) is 5.75 Å². The van der Waals surface area contributed by atoms with E-state index < -0.39 is 0 Å². The fraction of sp³-hybridized carbons (Fsp3) is 0.176. The molecular weight excluding hydrogens is 351 g/mol. The Bertz CT molecular complexity index is 778. The maximum Gasteiger partial charge on any atom is 0.228 e. The lowest BCUT2D eigenvalue weighted by molar-refractivity contribution is -0.116. The lowest BCUT2D eigenvalue weighted by Gasteiger charge is -2.13. The van der Waals surface area contributed by atoms with Gasteiger partial charge in [0.2, 0.25) is 11.8 Å². The number of hydrogen-bond donors (Lipinski definition) is 2. The second-order valence-corrected chi connectivity index (χ2v) is 5.90. The number of carbonyl (C=O) groups is 2. The molecule has 2 amide bonds. The van der Waals surface area contributed by atoms with Crippen molar-refractivity contribution in [3.8, 4) is 5.75 Å². The lowest BCUT2D eigenvalue weighted by Crippen LogP contribution is -2.16. The van der Waals surface area contributed by atoms with Crippen LogP contribution in [-0.2, 0) is 16.0 Å². The van der Waals surface area contributed by atoms with Gasteiger partial charge in [-0.2, -0.15) is 0 Å². The van der Waals surface area contributed by atoms with Crippen molar-refractivity contribution < 1.29 is 14.3 Å². The van der Waals surface area contributed by atoms with Gasteiger partial charge in [0.25, 0.3) is 0 Å². The monoisotopic (exact) mass is 366 g/mol. The predicted molar refractivity (Wildman–Crippen MR) is 96.1 cm³/mol. The van der Waals surface area contributed by atoms with Crippen molar-refractivity contribution in [2.24, 2.45) is 0 Å². The fourth-order valence-electron chi connectivity index (χ4n) is 2.12. The molecule has 2 aromatic carbocycles. The maximum absolute atomic E-state index is 12.3. The van der Waals surface area contributed by atoms with Crippen LogP contribution in [0, 0.1) is 0 Å². The van der Waals surface area contributed by atoms with Crippen LogP contribution < -0.4 is 15.4 Å². The van der Waals surface area contributed by atoms with Gasteiger partial charge < -0.3 is 15.4 Å². The molecule has 0 aromatic heterocycles. The van der Waals surface area contributed by atoms with E-state index in [1.165, 1.54) is 14.0 Å². The zero-order valence-electron chi connectivity index (χ0n) is 13.2. The third kappa shape index (κ3) is 4.88. The van der Waals surface area contributed by atoms with Gasteiger partial charge >= 0.3 is 0 Å². The van der Waals surface area contributed by atoms with Crippen LogP contribution in [0.15, 0.2) is 36.4 Å². The van der Waals surface area contributed by atoms with Crippen LogP contribution in [0.2, 0.25) is 10.0 Å². The molecule has 0 aliphatic heterocycles. The SMILES string of the molecule is COc1ccc(NC(C)=O)cc1NC(=O)Cc1ccc(Cl)cc1Cl. The summed E-state index contributed by atoms with van der Waals surface area (Å²) in [5, 5.41) is 6.35. The van der Waals surface area contributed by atoms with E-state index in [0.29, 0.717) is 32.7 Å². The first-order valence-electron chi connectivity index (χ1n) is 7.08. The lowest BCUT2D eigenvalue weighted by atomic mass is 10.1. The molecule has 2 aromatic rings. The van der Waals surface area contributed by atoms with E-state index in [1.807, 2.05) is 0 Å². The molecule has 0 heterocycles. The molecular formula is C17H16Cl2N2O3. The van der Waals surface area contributed by atoms with E-state index >= 15 is 0 Å². The standard InChI is InChI=1S/C17H16Cl2N2O3/c1-10(22)20-13-5-6-16(24-2)15(9-13)21-17(23)7-11-3-4-12(18)8-14(11)19/h3-6,8-9H,7H2,1-2H3,(H,20,22)(H,21,23). The van der Waals surface area contributed by atoms with E-state index in [9.17, 15) is 9.59 Å². The smallest absolute Gasteiger partial charge is 0.228 e. The number of anilines is 2. The summed E-state index contributed by atoms with van der Waals surface area (Å²) in [6, 6.07) is 9.94. The Balaban J connectivity index is 2.16. The van der Waals surface area contributed by atoms with Gasteiger partial charge in [-0.1, -0.05) is 29.3 Å². The van der Waals surface area contributed by atoms with E-state index in [-0.39, 0.29) is 18.2 Å². The number of methoxy groups -OCH3 is 1. The van der Waals surface area contributed by atoms with Gasteiger partial charge in [-0.3, -0.25) is 9.59 Å². The van der Waals surface area contributed by atoms with Crippen LogP contribution >= 0.6 is 23.2 Å². The Labute approximate surface area is 149 Å². The molecule has 126 valence electrons. The van der Waals surface area contributed by atoms with Gasteiger partial charge in [0.15, 0.2) is 0 Å². The Morgan fingerprint density at radius 2 is 1.83 bits per heavy atom. The second-order valence-electron chi connectivity index (χ2n) is 5.06. The largest absolute Gasteiger partial charge is 0.495 e. The summed E-state index contributed by atoms with van der Waals surface area (Å²) in [6.45, 7) is 1.41. The molecule has 0 aliphatic carbocycles. The van der Waals surface area contributed by atoms with Gasteiger partial charge in [-0.15, -0.1) is 0 Å². The van der Waals surface area contributed by atoms with Gasteiger partial charge in [0.05, 0.1) is 19.2 Å². The van der Waals surface area contributed by atoms with Crippen molar-refractivity contribution in [2.45, 2.75) is 13.3 Å². The summed E-state index contributed by atoms with van der Waals surface area (Å²) in [5.74, 6) is 0.0162. The van der Waals surface area contributed by atoms with E-state index in [2.05, 4.69) is 10.6 Å². The number of nitrogens with one attached hydrogen (secondary N) is 2. The summed E-state index contributed by atoms with van der Waals surface area (Å²) in [6.07, 6.45) is 0.0868. The van der Waals surface area contributed by atoms with Crippen molar-refractivity contribution in [1.82, 2.24) is 0 Å². The van der Waals surface area contributed by atoms with Crippen LogP contribution in [-0.4, -0.2) is 18.9 Å². The Morgan fingerprint density at radius 3 is 2.46 bits per heavy atom. The summed E-state index contributed by atoms with van der Waals surface area (Å²) >= 11 is 11.9. The number of halogens is 2. The molecule has 0 fully saturated rings. The zero-order chi connectivity index (χ0) is 17.7. The number of benzene rings is 2. The van der Waals surface area contributed by atoms with Crippen molar-refractivity contribution in [3.05, 3.63) is 52.0 Å². The van der Waals surface area contributed by atoms with Crippen LogP contribution in [0.25, 0.3) is 0 Å². The second kappa shape index (κ2) is 8.04. The molecule has 0 unspecified atom stereocenters. The minimum Gasteiger partial charge on any atom is -0.495 e. The maximum atomic E-state index is 12.3. The third-order valence-corrected chi connectivity index (χ3v) is 3.75. The minimum absolute atomic E-state index is 0.0868. The third-order valence-electron chi connectivity index (χ3n) is 3.16. The van der Waals surface area contributed by atoms with E-state index in [4.69, 9.17) is 27.9 Å². The molecule has 24 heavy (non-hydrogen) atoms. The Morgan fingerprint density at radius 1 is 1.08 bits per heavy atom. The van der Waals surface area contributed by atoms with Crippen LogP contribution in [0.3, 0.4) is 0 Å². The molecule has 0 spiro atoms. The number of carbonyl (C=O) groups excluding carboxylic acids is 2. The average molecular weight is 367 g/mol. The first-order chi connectivity index (χ1) is 11.4. The molecule has 7 heteroatoms. The summed E-state index contributed by atoms with van der Waals surface area (Å²) in [5.41, 5.74) is 1.68.